The fourth-order valence-corrected chi connectivity index (χ4v) is 2.95. The van der Waals surface area contributed by atoms with E-state index in [0.29, 0.717) is 18.5 Å². The van der Waals surface area contributed by atoms with E-state index in [9.17, 15) is 14.3 Å². The zero-order valence-corrected chi connectivity index (χ0v) is 14.0. The third-order valence-corrected chi connectivity index (χ3v) is 4.36. The van der Waals surface area contributed by atoms with Crippen molar-refractivity contribution in [2.75, 3.05) is 5.32 Å². The third-order valence-electron chi connectivity index (χ3n) is 4.36. The van der Waals surface area contributed by atoms with Crippen LogP contribution in [0.5, 0.6) is 0 Å². The van der Waals surface area contributed by atoms with Crippen molar-refractivity contribution in [3.05, 3.63) is 53.6 Å². The SMILES string of the molecule is Cc1ccc(Nc2cnccc2C(=O)OC2CCCCC2O)c(F)c1. The van der Waals surface area contributed by atoms with Gasteiger partial charge in [-0.25, -0.2) is 9.18 Å². The minimum absolute atomic E-state index is 0.255. The predicted molar refractivity (Wildman–Crippen MR) is 92.3 cm³/mol. The summed E-state index contributed by atoms with van der Waals surface area (Å²) in [6.07, 6.45) is 4.93. The molecule has 1 heterocycles. The van der Waals surface area contributed by atoms with Crippen LogP contribution in [-0.4, -0.2) is 28.3 Å². The van der Waals surface area contributed by atoms with E-state index < -0.39 is 24.0 Å². The molecular formula is C19H21FN2O3. The molecule has 0 radical (unpaired) electrons. The number of aromatic nitrogens is 1. The van der Waals surface area contributed by atoms with Crippen LogP contribution in [0.3, 0.4) is 0 Å². The van der Waals surface area contributed by atoms with Gasteiger partial charge in [-0.3, -0.25) is 4.98 Å². The lowest BCUT2D eigenvalue weighted by Gasteiger charge is -2.27. The molecule has 0 saturated heterocycles. The highest BCUT2D eigenvalue weighted by molar-refractivity contribution is 5.96. The normalized spacial score (nSPS) is 20.1. The second-order valence-corrected chi connectivity index (χ2v) is 6.33. The fraction of sp³-hybridized carbons (Fsp3) is 0.368. The highest BCUT2D eigenvalue weighted by Gasteiger charge is 2.27. The molecule has 1 aromatic heterocycles. The number of benzene rings is 1. The molecule has 1 fully saturated rings. The Morgan fingerprint density at radius 1 is 1.28 bits per heavy atom. The van der Waals surface area contributed by atoms with Crippen molar-refractivity contribution in [3.63, 3.8) is 0 Å². The van der Waals surface area contributed by atoms with Gasteiger partial charge in [0.2, 0.25) is 0 Å². The van der Waals surface area contributed by atoms with E-state index in [2.05, 4.69) is 10.3 Å². The molecule has 5 nitrogen and oxygen atoms in total. The Labute approximate surface area is 145 Å². The van der Waals surface area contributed by atoms with E-state index in [0.717, 1.165) is 18.4 Å². The lowest BCUT2D eigenvalue weighted by molar-refractivity contribution is -0.0360. The number of aliphatic hydroxyl groups excluding tert-OH is 1. The van der Waals surface area contributed by atoms with Gasteiger partial charge in [0.05, 0.1) is 29.2 Å². The summed E-state index contributed by atoms with van der Waals surface area (Å²) >= 11 is 0. The Morgan fingerprint density at radius 2 is 2.08 bits per heavy atom. The molecule has 2 N–H and O–H groups in total. The first-order valence-corrected chi connectivity index (χ1v) is 8.41. The molecule has 1 aromatic carbocycles. The van der Waals surface area contributed by atoms with Gasteiger partial charge < -0.3 is 15.2 Å². The summed E-state index contributed by atoms with van der Waals surface area (Å²) in [5.41, 5.74) is 1.68. The molecule has 1 aliphatic carbocycles. The zero-order valence-electron chi connectivity index (χ0n) is 14.0. The van der Waals surface area contributed by atoms with Crippen molar-refractivity contribution in [3.8, 4) is 0 Å². The average Bonchev–Trinajstić information content (AvgIpc) is 2.60. The van der Waals surface area contributed by atoms with Gasteiger partial charge in [-0.05, 0) is 49.9 Å². The molecule has 6 heteroatoms. The van der Waals surface area contributed by atoms with Gasteiger partial charge in [0.25, 0.3) is 0 Å². The molecule has 0 bridgehead atoms. The number of aryl methyl sites for hydroxylation is 1. The number of esters is 1. The molecular weight excluding hydrogens is 323 g/mol. The van der Waals surface area contributed by atoms with E-state index >= 15 is 0 Å². The van der Waals surface area contributed by atoms with Gasteiger partial charge in [0.1, 0.15) is 11.9 Å². The van der Waals surface area contributed by atoms with Crippen LogP contribution in [0, 0.1) is 12.7 Å². The van der Waals surface area contributed by atoms with Crippen LogP contribution in [0.1, 0.15) is 41.6 Å². The largest absolute Gasteiger partial charge is 0.456 e. The van der Waals surface area contributed by atoms with Crippen molar-refractivity contribution in [1.29, 1.82) is 0 Å². The number of aliphatic hydroxyl groups is 1. The molecule has 0 amide bonds. The number of carbonyl (C=O) groups excluding carboxylic acids is 1. The van der Waals surface area contributed by atoms with Crippen LogP contribution < -0.4 is 5.32 Å². The van der Waals surface area contributed by atoms with Crippen LogP contribution in [0.15, 0.2) is 36.7 Å². The first kappa shape index (κ1) is 17.4. The summed E-state index contributed by atoms with van der Waals surface area (Å²) in [6, 6.07) is 6.32. The second kappa shape index (κ2) is 7.61. The number of carbonyl (C=O) groups is 1. The maximum Gasteiger partial charge on any atom is 0.340 e. The molecule has 0 aliphatic heterocycles. The molecule has 2 aromatic rings. The van der Waals surface area contributed by atoms with Crippen molar-refractivity contribution in [1.82, 2.24) is 4.98 Å². The molecule has 3 rings (SSSR count). The average molecular weight is 344 g/mol. The number of nitrogens with zero attached hydrogens (tertiary/aromatic N) is 1. The van der Waals surface area contributed by atoms with Crippen molar-refractivity contribution in [2.45, 2.75) is 44.8 Å². The van der Waals surface area contributed by atoms with Crippen molar-refractivity contribution >= 4 is 17.3 Å². The Morgan fingerprint density at radius 3 is 2.84 bits per heavy atom. The van der Waals surface area contributed by atoms with Gasteiger partial charge in [0.15, 0.2) is 0 Å². The van der Waals surface area contributed by atoms with E-state index in [4.69, 9.17) is 4.74 Å². The van der Waals surface area contributed by atoms with Crippen molar-refractivity contribution in [2.24, 2.45) is 0 Å². The maximum atomic E-state index is 14.1. The van der Waals surface area contributed by atoms with Gasteiger partial charge in [0, 0.05) is 6.20 Å². The number of pyridine rings is 1. The van der Waals surface area contributed by atoms with Gasteiger partial charge in [-0.1, -0.05) is 12.5 Å². The standard InChI is InChI=1S/C19H21FN2O3/c1-12-6-7-15(14(20)10-12)22-16-11-21-9-8-13(16)19(24)25-18-5-3-2-4-17(18)23/h6-11,17-18,22-23H,2-5H2,1H3. The minimum Gasteiger partial charge on any atom is -0.456 e. The zero-order chi connectivity index (χ0) is 17.8. The van der Waals surface area contributed by atoms with Gasteiger partial charge in [-0.2, -0.15) is 0 Å². The Balaban J connectivity index is 1.79. The molecule has 2 unspecified atom stereocenters. The number of rotatable bonds is 4. The summed E-state index contributed by atoms with van der Waals surface area (Å²) in [4.78, 5) is 16.5. The highest BCUT2D eigenvalue weighted by atomic mass is 19.1. The van der Waals surface area contributed by atoms with Crippen LogP contribution >= 0.6 is 0 Å². The molecule has 132 valence electrons. The quantitative estimate of drug-likeness (QED) is 0.827. The molecule has 25 heavy (non-hydrogen) atoms. The summed E-state index contributed by atoms with van der Waals surface area (Å²) in [5.74, 6) is -0.964. The first-order valence-electron chi connectivity index (χ1n) is 8.41. The Kier molecular flexibility index (Phi) is 5.28. The summed E-state index contributed by atoms with van der Waals surface area (Å²) in [6.45, 7) is 1.80. The molecule has 2 atom stereocenters. The molecule has 1 aliphatic rings. The smallest absolute Gasteiger partial charge is 0.340 e. The van der Waals surface area contributed by atoms with E-state index in [1.165, 1.54) is 24.5 Å². The monoisotopic (exact) mass is 344 g/mol. The Bertz CT molecular complexity index is 766. The number of ether oxygens (including phenoxy) is 1. The summed E-state index contributed by atoms with van der Waals surface area (Å²) < 4.78 is 19.5. The number of hydrogen-bond acceptors (Lipinski definition) is 5. The minimum atomic E-state index is -0.634. The third kappa shape index (κ3) is 4.14. The van der Waals surface area contributed by atoms with E-state index in [1.807, 2.05) is 0 Å². The van der Waals surface area contributed by atoms with Gasteiger partial charge >= 0.3 is 5.97 Å². The number of halogens is 1. The summed E-state index contributed by atoms with van der Waals surface area (Å²) in [7, 11) is 0. The molecule has 1 saturated carbocycles. The summed E-state index contributed by atoms with van der Waals surface area (Å²) in [5, 5.41) is 12.9. The second-order valence-electron chi connectivity index (χ2n) is 6.33. The molecule has 0 spiro atoms. The number of nitrogens with one attached hydrogen (secondary N) is 1. The van der Waals surface area contributed by atoms with Gasteiger partial charge in [-0.15, -0.1) is 0 Å². The van der Waals surface area contributed by atoms with Crippen molar-refractivity contribution < 1.29 is 19.0 Å². The van der Waals surface area contributed by atoms with E-state index in [1.54, 1.807) is 19.1 Å². The predicted octanol–water partition coefficient (Wildman–Crippen LogP) is 3.73. The van der Waals surface area contributed by atoms with Crippen LogP contribution in [0.2, 0.25) is 0 Å². The first-order chi connectivity index (χ1) is 12.0. The van der Waals surface area contributed by atoms with E-state index in [-0.39, 0.29) is 11.3 Å². The topological polar surface area (TPSA) is 71.5 Å². The van der Waals surface area contributed by atoms with Crippen LogP contribution in [0.25, 0.3) is 0 Å². The lowest BCUT2D eigenvalue weighted by atomic mass is 9.95. The Hall–Kier alpha value is -2.47. The maximum absolute atomic E-state index is 14.1. The fourth-order valence-electron chi connectivity index (χ4n) is 2.95. The number of anilines is 2. The van der Waals surface area contributed by atoms with Crippen LogP contribution in [0.4, 0.5) is 15.8 Å². The number of hydrogen-bond donors (Lipinski definition) is 2. The lowest BCUT2D eigenvalue weighted by Crippen LogP contribution is -2.34. The van der Waals surface area contributed by atoms with Crippen LogP contribution in [-0.2, 0) is 4.74 Å². The highest BCUT2D eigenvalue weighted by Crippen LogP contribution is 2.26.